The van der Waals surface area contributed by atoms with Gasteiger partial charge in [0.2, 0.25) is 5.91 Å². The van der Waals surface area contributed by atoms with Crippen LogP contribution in [0.15, 0.2) is 24.3 Å². The van der Waals surface area contributed by atoms with E-state index in [1.807, 2.05) is 0 Å². The van der Waals surface area contributed by atoms with Crippen LogP contribution in [0.1, 0.15) is 30.9 Å². The van der Waals surface area contributed by atoms with E-state index < -0.39 is 18.0 Å². The second-order valence-corrected chi connectivity index (χ2v) is 6.45. The molecule has 1 aromatic carbocycles. The molecule has 0 bridgehead atoms. The first-order chi connectivity index (χ1) is 11.0. The maximum absolute atomic E-state index is 12.9. The molecule has 5 nitrogen and oxygen atoms in total. The molecule has 1 saturated heterocycles. The topological polar surface area (TPSA) is 77.8 Å². The van der Waals surface area contributed by atoms with E-state index in [4.69, 9.17) is 5.11 Å². The van der Waals surface area contributed by atoms with E-state index in [2.05, 4.69) is 0 Å². The van der Waals surface area contributed by atoms with Crippen LogP contribution < -0.4 is 0 Å². The van der Waals surface area contributed by atoms with Gasteiger partial charge in [0.25, 0.3) is 0 Å². The maximum atomic E-state index is 12.9. The third-order valence-electron chi connectivity index (χ3n) is 4.93. The number of carboxylic acid groups (broad SMARTS) is 1. The summed E-state index contributed by atoms with van der Waals surface area (Å²) in [6.07, 6.45) is 1.09. The van der Waals surface area contributed by atoms with Gasteiger partial charge in [-0.2, -0.15) is 0 Å². The summed E-state index contributed by atoms with van der Waals surface area (Å²) in [7, 11) is 0. The van der Waals surface area contributed by atoms with Gasteiger partial charge >= 0.3 is 5.97 Å². The number of hydrogen-bond acceptors (Lipinski definition) is 3. The Balaban J connectivity index is 1.53. The summed E-state index contributed by atoms with van der Waals surface area (Å²) in [4.78, 5) is 24.8. The quantitative estimate of drug-likeness (QED) is 0.887. The highest BCUT2D eigenvalue weighted by atomic mass is 19.1. The smallest absolute Gasteiger partial charge is 0.307 e. The van der Waals surface area contributed by atoms with Crippen LogP contribution in [0.4, 0.5) is 4.39 Å². The van der Waals surface area contributed by atoms with Crippen LogP contribution in [0.2, 0.25) is 0 Å². The lowest BCUT2D eigenvalue weighted by molar-refractivity contribution is -0.142. The van der Waals surface area contributed by atoms with Crippen LogP contribution in [0.25, 0.3) is 0 Å². The zero-order chi connectivity index (χ0) is 16.6. The Hall–Kier alpha value is -1.95. The molecule has 0 spiro atoms. The van der Waals surface area contributed by atoms with Gasteiger partial charge in [0.15, 0.2) is 0 Å². The second-order valence-electron chi connectivity index (χ2n) is 6.45. The fourth-order valence-corrected chi connectivity index (χ4v) is 3.34. The second kappa shape index (κ2) is 6.28. The van der Waals surface area contributed by atoms with Crippen molar-refractivity contribution in [1.82, 2.24) is 4.90 Å². The molecule has 0 aromatic heterocycles. The van der Waals surface area contributed by atoms with Crippen molar-refractivity contribution in [2.45, 2.75) is 25.4 Å². The van der Waals surface area contributed by atoms with Gasteiger partial charge < -0.3 is 15.1 Å². The van der Waals surface area contributed by atoms with Gasteiger partial charge in [0, 0.05) is 13.1 Å². The van der Waals surface area contributed by atoms with Gasteiger partial charge in [0.05, 0.1) is 17.9 Å². The Kier molecular flexibility index (Phi) is 4.35. The Morgan fingerprint density at radius 1 is 1.13 bits per heavy atom. The van der Waals surface area contributed by atoms with E-state index >= 15 is 0 Å². The molecule has 1 aromatic rings. The number of likely N-dealkylation sites (tertiary alicyclic amines) is 1. The number of benzene rings is 1. The lowest BCUT2D eigenvalue weighted by Gasteiger charge is -2.34. The summed E-state index contributed by atoms with van der Waals surface area (Å²) >= 11 is 0. The highest BCUT2D eigenvalue weighted by Gasteiger charge is 2.50. The standard InChI is InChI=1S/C17H20FNO4/c18-12-3-1-10(2-4-12)15(20)11-5-7-19(8-6-11)16(21)13-9-14(13)17(22)23/h1-4,11,13-15,20H,5-9H2,(H,22,23)/t13-,14-,15-/m1/s1. The van der Waals surface area contributed by atoms with Crippen molar-refractivity contribution in [3.8, 4) is 0 Å². The third-order valence-corrected chi connectivity index (χ3v) is 4.93. The molecule has 1 aliphatic carbocycles. The Labute approximate surface area is 133 Å². The van der Waals surface area contributed by atoms with Crippen LogP contribution in [0.5, 0.6) is 0 Å². The van der Waals surface area contributed by atoms with E-state index in [-0.39, 0.29) is 23.6 Å². The zero-order valence-corrected chi connectivity index (χ0v) is 12.7. The first-order valence-corrected chi connectivity index (χ1v) is 7.92. The Morgan fingerprint density at radius 2 is 1.74 bits per heavy atom. The molecule has 0 unspecified atom stereocenters. The fraction of sp³-hybridized carbons (Fsp3) is 0.529. The van der Waals surface area contributed by atoms with Crippen molar-refractivity contribution < 1.29 is 24.2 Å². The molecule has 1 amide bonds. The molecule has 124 valence electrons. The summed E-state index contributed by atoms with van der Waals surface area (Å²) < 4.78 is 12.9. The van der Waals surface area contributed by atoms with Crippen LogP contribution in [-0.4, -0.2) is 40.1 Å². The van der Waals surface area contributed by atoms with Gasteiger partial charge in [-0.15, -0.1) is 0 Å². The molecule has 0 radical (unpaired) electrons. The predicted molar refractivity (Wildman–Crippen MR) is 79.9 cm³/mol. The summed E-state index contributed by atoms with van der Waals surface area (Å²) in [6, 6.07) is 5.82. The van der Waals surface area contributed by atoms with Crippen LogP contribution in [0.3, 0.4) is 0 Å². The Bertz CT molecular complexity index is 595. The minimum atomic E-state index is -0.898. The van der Waals surface area contributed by atoms with E-state index in [0.717, 1.165) is 0 Å². The first kappa shape index (κ1) is 15.9. The minimum absolute atomic E-state index is 0.0268. The number of amides is 1. The molecular formula is C17H20FNO4. The van der Waals surface area contributed by atoms with Crippen molar-refractivity contribution in [3.63, 3.8) is 0 Å². The van der Waals surface area contributed by atoms with Crippen molar-refractivity contribution in [1.29, 1.82) is 0 Å². The van der Waals surface area contributed by atoms with Crippen LogP contribution in [0, 0.1) is 23.6 Å². The molecular weight excluding hydrogens is 301 g/mol. The number of aliphatic carboxylic acids is 1. The molecule has 1 saturated carbocycles. The SMILES string of the molecule is O=C(O)[C@@H]1C[C@H]1C(=O)N1CCC([C@H](O)c2ccc(F)cc2)CC1. The fourth-order valence-electron chi connectivity index (χ4n) is 3.34. The van der Waals surface area contributed by atoms with Gasteiger partial charge in [-0.3, -0.25) is 9.59 Å². The number of aliphatic hydroxyl groups excluding tert-OH is 1. The molecule has 23 heavy (non-hydrogen) atoms. The molecule has 3 atom stereocenters. The van der Waals surface area contributed by atoms with E-state index in [9.17, 15) is 19.1 Å². The number of aliphatic hydroxyl groups is 1. The van der Waals surface area contributed by atoms with Gasteiger partial charge in [0.1, 0.15) is 5.82 Å². The molecule has 1 heterocycles. The van der Waals surface area contributed by atoms with Crippen molar-refractivity contribution in [2.24, 2.45) is 17.8 Å². The van der Waals surface area contributed by atoms with Crippen molar-refractivity contribution in [2.75, 3.05) is 13.1 Å². The molecule has 1 aliphatic heterocycles. The lowest BCUT2D eigenvalue weighted by atomic mass is 9.87. The number of halogens is 1. The van der Waals surface area contributed by atoms with E-state index in [1.54, 1.807) is 17.0 Å². The molecule has 2 fully saturated rings. The van der Waals surface area contributed by atoms with Gasteiger partial charge in [-0.05, 0) is 42.9 Å². The normalized spacial score (nSPS) is 25.9. The van der Waals surface area contributed by atoms with Gasteiger partial charge in [-0.1, -0.05) is 12.1 Å². The number of carboxylic acids is 1. The number of hydrogen-bond donors (Lipinski definition) is 2. The summed E-state index contributed by atoms with van der Waals surface area (Å²) in [5, 5.41) is 19.3. The van der Waals surface area contributed by atoms with Crippen molar-refractivity contribution >= 4 is 11.9 Å². The van der Waals surface area contributed by atoms with Crippen LogP contribution in [-0.2, 0) is 9.59 Å². The number of nitrogens with zero attached hydrogens (tertiary/aromatic N) is 1. The van der Waals surface area contributed by atoms with E-state index in [0.29, 0.717) is 37.9 Å². The highest BCUT2D eigenvalue weighted by molar-refractivity contribution is 5.89. The minimum Gasteiger partial charge on any atom is -0.481 e. The maximum Gasteiger partial charge on any atom is 0.307 e. The summed E-state index contributed by atoms with van der Waals surface area (Å²) in [5.41, 5.74) is 0.685. The van der Waals surface area contributed by atoms with Crippen LogP contribution >= 0.6 is 0 Å². The summed E-state index contributed by atoms with van der Waals surface area (Å²) in [6.45, 7) is 1.06. The largest absolute Gasteiger partial charge is 0.481 e. The predicted octanol–water partition coefficient (Wildman–Crippen LogP) is 1.82. The average Bonchev–Trinajstić information content (AvgIpc) is 3.35. The molecule has 2 N–H and O–H groups in total. The number of piperidine rings is 1. The van der Waals surface area contributed by atoms with Crippen molar-refractivity contribution in [3.05, 3.63) is 35.6 Å². The monoisotopic (exact) mass is 321 g/mol. The third kappa shape index (κ3) is 3.37. The number of rotatable bonds is 4. The summed E-state index contributed by atoms with van der Waals surface area (Å²) in [5.74, 6) is -2.18. The first-order valence-electron chi connectivity index (χ1n) is 7.92. The number of carbonyl (C=O) groups excluding carboxylic acids is 1. The Morgan fingerprint density at radius 3 is 2.26 bits per heavy atom. The highest BCUT2D eigenvalue weighted by Crippen LogP contribution is 2.41. The van der Waals surface area contributed by atoms with E-state index in [1.165, 1.54) is 12.1 Å². The lowest BCUT2D eigenvalue weighted by Crippen LogP contribution is -2.41. The number of carbonyl (C=O) groups is 2. The molecule has 3 rings (SSSR count). The average molecular weight is 321 g/mol. The zero-order valence-electron chi connectivity index (χ0n) is 12.7. The molecule has 6 heteroatoms. The molecule has 2 aliphatic rings. The van der Waals surface area contributed by atoms with Gasteiger partial charge in [-0.25, -0.2) is 4.39 Å².